The Hall–Kier alpha value is -1.27. The Bertz CT molecular complexity index is 242. The summed E-state index contributed by atoms with van der Waals surface area (Å²) in [6.07, 6.45) is 6.01. The molecule has 0 aromatic heterocycles. The highest BCUT2D eigenvalue weighted by Crippen LogP contribution is 2.03. The molecule has 0 bridgehead atoms. The van der Waals surface area contributed by atoms with E-state index in [2.05, 4.69) is 5.73 Å². The van der Waals surface area contributed by atoms with Gasteiger partial charge in [-0.3, -0.25) is 0 Å². The highest BCUT2D eigenvalue weighted by molar-refractivity contribution is 5.92. The van der Waals surface area contributed by atoms with E-state index in [1.54, 1.807) is 18.2 Å². The second-order valence-corrected chi connectivity index (χ2v) is 2.22. The summed E-state index contributed by atoms with van der Waals surface area (Å²) in [5.41, 5.74) is 3.28. The van der Waals surface area contributed by atoms with Gasteiger partial charge in [0.15, 0.2) is 0 Å². The molecule has 1 aliphatic carbocycles. The smallest absolute Gasteiger partial charge is 0.346 e. The third kappa shape index (κ3) is 2.10. The molecule has 0 N–H and O–H groups in total. The van der Waals surface area contributed by atoms with Crippen molar-refractivity contribution in [2.24, 2.45) is 0 Å². The van der Waals surface area contributed by atoms with Gasteiger partial charge in [-0.25, -0.2) is 4.79 Å². The molecule has 0 unspecified atom stereocenters. The van der Waals surface area contributed by atoms with Crippen LogP contribution in [0.25, 0.3) is 0 Å². The minimum atomic E-state index is -0.281. The van der Waals surface area contributed by atoms with Crippen molar-refractivity contribution >= 4 is 5.97 Å². The van der Waals surface area contributed by atoms with E-state index in [4.69, 9.17) is 4.74 Å². The van der Waals surface area contributed by atoms with E-state index in [1.807, 2.05) is 6.92 Å². The maximum Gasteiger partial charge on any atom is 0.346 e. The highest BCUT2D eigenvalue weighted by Gasteiger charge is 2.07. The number of hydrogen-bond acceptors (Lipinski definition) is 2. The van der Waals surface area contributed by atoms with Crippen molar-refractivity contribution in [3.05, 3.63) is 29.5 Å². The van der Waals surface area contributed by atoms with E-state index < -0.39 is 0 Å². The zero-order valence-corrected chi connectivity index (χ0v) is 6.46. The first-order chi connectivity index (χ1) is 5.34. The van der Waals surface area contributed by atoms with Gasteiger partial charge >= 0.3 is 5.97 Å². The second kappa shape index (κ2) is 3.79. The third-order valence-corrected chi connectivity index (χ3v) is 1.26. The Balaban J connectivity index is 2.43. The van der Waals surface area contributed by atoms with Crippen molar-refractivity contribution < 1.29 is 9.53 Å². The van der Waals surface area contributed by atoms with E-state index in [0.29, 0.717) is 12.2 Å². The third-order valence-electron chi connectivity index (χ3n) is 1.26. The second-order valence-electron chi connectivity index (χ2n) is 2.22. The quantitative estimate of drug-likeness (QED) is 0.451. The van der Waals surface area contributed by atoms with Crippen LogP contribution >= 0.6 is 0 Å². The standard InChI is InChI=1S/C9H10O2/c1-2-7-11-9(10)8-5-3-4-6-8/h3-5H,2,7H2,1H3. The zero-order valence-electron chi connectivity index (χ0n) is 6.46. The first kappa shape index (κ1) is 7.83. The van der Waals surface area contributed by atoms with Crippen molar-refractivity contribution in [1.29, 1.82) is 0 Å². The summed E-state index contributed by atoms with van der Waals surface area (Å²) in [5, 5.41) is 0. The van der Waals surface area contributed by atoms with Crippen LogP contribution in [-0.2, 0) is 9.53 Å². The highest BCUT2D eigenvalue weighted by atomic mass is 16.5. The Morgan fingerprint density at radius 3 is 3.09 bits per heavy atom. The van der Waals surface area contributed by atoms with Gasteiger partial charge in [0.25, 0.3) is 0 Å². The minimum Gasteiger partial charge on any atom is -0.462 e. The summed E-state index contributed by atoms with van der Waals surface area (Å²) >= 11 is 0. The van der Waals surface area contributed by atoms with Crippen LogP contribution in [0.4, 0.5) is 0 Å². The van der Waals surface area contributed by atoms with Gasteiger partial charge in [0.1, 0.15) is 5.57 Å². The normalized spacial score (nSPS) is 13.4. The maximum absolute atomic E-state index is 11.0. The molecule has 0 heterocycles. The Morgan fingerprint density at radius 1 is 1.73 bits per heavy atom. The SMILES string of the molecule is CCCOC(=O)C1=C=CC=C1. The molecule has 0 fully saturated rings. The van der Waals surface area contributed by atoms with Crippen LogP contribution in [0, 0.1) is 0 Å². The van der Waals surface area contributed by atoms with Gasteiger partial charge in [0.2, 0.25) is 0 Å². The average molecular weight is 150 g/mol. The fourth-order valence-electron chi connectivity index (χ4n) is 0.730. The van der Waals surface area contributed by atoms with Gasteiger partial charge in [-0.15, -0.1) is 5.73 Å². The zero-order chi connectivity index (χ0) is 8.10. The molecule has 0 aromatic carbocycles. The summed E-state index contributed by atoms with van der Waals surface area (Å²) < 4.78 is 4.87. The van der Waals surface area contributed by atoms with E-state index in [9.17, 15) is 4.79 Å². The van der Waals surface area contributed by atoms with Gasteiger partial charge in [0, 0.05) is 0 Å². The van der Waals surface area contributed by atoms with Crippen LogP contribution in [0.15, 0.2) is 29.5 Å². The first-order valence-electron chi connectivity index (χ1n) is 3.65. The maximum atomic E-state index is 11.0. The fraction of sp³-hybridized carbons (Fsp3) is 0.333. The van der Waals surface area contributed by atoms with Crippen LogP contribution in [-0.4, -0.2) is 12.6 Å². The molecule has 0 aliphatic heterocycles. The monoisotopic (exact) mass is 150 g/mol. The fourth-order valence-corrected chi connectivity index (χ4v) is 0.730. The summed E-state index contributed by atoms with van der Waals surface area (Å²) in [7, 11) is 0. The number of ether oxygens (including phenoxy) is 1. The van der Waals surface area contributed by atoms with Crippen molar-refractivity contribution in [3.63, 3.8) is 0 Å². The molecule has 2 heteroatoms. The number of carbonyl (C=O) groups excluding carboxylic acids is 1. The Kier molecular flexibility index (Phi) is 2.70. The van der Waals surface area contributed by atoms with Crippen molar-refractivity contribution in [2.45, 2.75) is 13.3 Å². The van der Waals surface area contributed by atoms with E-state index in [1.165, 1.54) is 0 Å². The van der Waals surface area contributed by atoms with Crippen molar-refractivity contribution in [1.82, 2.24) is 0 Å². The van der Waals surface area contributed by atoms with Crippen LogP contribution in [0.1, 0.15) is 13.3 Å². The number of rotatable bonds is 3. The summed E-state index contributed by atoms with van der Waals surface area (Å²) in [5.74, 6) is -0.281. The van der Waals surface area contributed by atoms with E-state index >= 15 is 0 Å². The topological polar surface area (TPSA) is 26.3 Å². The molecule has 1 rings (SSSR count). The lowest BCUT2D eigenvalue weighted by atomic mass is 10.3. The molecule has 11 heavy (non-hydrogen) atoms. The summed E-state index contributed by atoms with van der Waals surface area (Å²) in [6.45, 7) is 2.44. The molecule has 0 aromatic rings. The molecular formula is C9H10O2. The molecule has 0 saturated heterocycles. The van der Waals surface area contributed by atoms with E-state index in [0.717, 1.165) is 6.42 Å². The predicted molar refractivity (Wildman–Crippen MR) is 42.0 cm³/mol. The number of allylic oxidation sites excluding steroid dienone is 1. The van der Waals surface area contributed by atoms with Crippen LogP contribution in [0.2, 0.25) is 0 Å². The van der Waals surface area contributed by atoms with Crippen molar-refractivity contribution in [3.8, 4) is 0 Å². The Labute approximate surface area is 65.9 Å². The lowest BCUT2D eigenvalue weighted by Gasteiger charge is -1.99. The van der Waals surface area contributed by atoms with Gasteiger partial charge in [0.05, 0.1) is 6.61 Å². The molecule has 0 radical (unpaired) electrons. The largest absolute Gasteiger partial charge is 0.462 e. The number of hydrogen-bond donors (Lipinski definition) is 0. The van der Waals surface area contributed by atoms with Gasteiger partial charge in [-0.05, 0) is 18.6 Å². The molecule has 2 nitrogen and oxygen atoms in total. The summed E-state index contributed by atoms with van der Waals surface area (Å²) in [4.78, 5) is 11.0. The molecule has 0 saturated carbocycles. The van der Waals surface area contributed by atoms with Gasteiger partial charge in [-0.1, -0.05) is 13.0 Å². The Morgan fingerprint density at radius 2 is 2.55 bits per heavy atom. The molecule has 1 aliphatic rings. The molecule has 58 valence electrons. The number of esters is 1. The molecule has 0 spiro atoms. The number of carbonyl (C=O) groups is 1. The minimum absolute atomic E-state index is 0.281. The summed E-state index contributed by atoms with van der Waals surface area (Å²) in [6, 6.07) is 0. The molecule has 0 atom stereocenters. The van der Waals surface area contributed by atoms with Crippen molar-refractivity contribution in [2.75, 3.05) is 6.61 Å². The molecule has 0 amide bonds. The predicted octanol–water partition coefficient (Wildman–Crippen LogP) is 1.59. The van der Waals surface area contributed by atoms with Gasteiger partial charge in [-0.2, -0.15) is 0 Å². The first-order valence-corrected chi connectivity index (χ1v) is 3.65. The van der Waals surface area contributed by atoms with Crippen LogP contribution in [0.5, 0.6) is 0 Å². The van der Waals surface area contributed by atoms with Crippen LogP contribution in [0.3, 0.4) is 0 Å². The van der Waals surface area contributed by atoms with E-state index in [-0.39, 0.29) is 5.97 Å². The van der Waals surface area contributed by atoms with Gasteiger partial charge < -0.3 is 4.74 Å². The average Bonchev–Trinajstić information content (AvgIpc) is 2.52. The lowest BCUT2D eigenvalue weighted by molar-refractivity contribution is -0.138. The van der Waals surface area contributed by atoms with Crippen LogP contribution < -0.4 is 0 Å². The molecular weight excluding hydrogens is 140 g/mol. The lowest BCUT2D eigenvalue weighted by Crippen LogP contribution is -2.05.